The molecule has 0 N–H and O–H groups in total. The van der Waals surface area contributed by atoms with Crippen molar-refractivity contribution in [2.75, 3.05) is 38.1 Å². The van der Waals surface area contributed by atoms with Crippen LogP contribution >= 0.6 is 0 Å². The number of benzene rings is 1. The molecule has 1 saturated heterocycles. The van der Waals surface area contributed by atoms with E-state index in [1.165, 1.54) is 0 Å². The molecule has 0 amide bonds. The van der Waals surface area contributed by atoms with Crippen molar-refractivity contribution in [3.63, 3.8) is 0 Å². The van der Waals surface area contributed by atoms with Crippen molar-refractivity contribution in [2.45, 2.75) is 6.42 Å². The minimum absolute atomic E-state index is 0.0133. The molecule has 5 rings (SSSR count). The van der Waals surface area contributed by atoms with E-state index in [4.69, 9.17) is 0 Å². The van der Waals surface area contributed by atoms with Crippen LogP contribution in [-0.4, -0.2) is 68.9 Å². The molecule has 0 aliphatic carbocycles. The Morgan fingerprint density at radius 2 is 1.78 bits per heavy atom. The number of Topliss-reactive ketones (excluding diaryl/α,β-unsaturated/α-hetero) is 1. The van der Waals surface area contributed by atoms with Crippen molar-refractivity contribution in [2.24, 2.45) is 7.05 Å². The van der Waals surface area contributed by atoms with Gasteiger partial charge in [0.15, 0.2) is 5.78 Å². The van der Waals surface area contributed by atoms with Gasteiger partial charge in [-0.25, -0.2) is 4.98 Å². The molecule has 4 aromatic rings. The summed E-state index contributed by atoms with van der Waals surface area (Å²) in [5, 5.41) is 10.2. The number of ketones is 1. The van der Waals surface area contributed by atoms with Gasteiger partial charge in [-0.2, -0.15) is 0 Å². The number of likely N-dealkylation sites (N-methyl/N-ethyl adjacent to an activating group) is 1. The van der Waals surface area contributed by atoms with E-state index in [1.807, 2.05) is 49.8 Å². The molecule has 0 spiro atoms. The molecular weight excluding hydrogens is 402 g/mol. The number of hydrogen-bond donors (Lipinski definition) is 0. The first-order valence-corrected chi connectivity index (χ1v) is 10.7. The maximum atomic E-state index is 12.9. The molecule has 32 heavy (non-hydrogen) atoms. The van der Waals surface area contributed by atoms with Gasteiger partial charge in [0, 0.05) is 67.8 Å². The quantitative estimate of drug-likeness (QED) is 0.453. The Balaban J connectivity index is 1.31. The zero-order chi connectivity index (χ0) is 22.1. The first kappa shape index (κ1) is 20.3. The average molecular weight is 428 g/mol. The summed E-state index contributed by atoms with van der Waals surface area (Å²) in [6.07, 6.45) is 5.61. The van der Waals surface area contributed by atoms with E-state index >= 15 is 0 Å². The molecule has 4 heterocycles. The number of aromatic nitrogens is 5. The summed E-state index contributed by atoms with van der Waals surface area (Å²) in [6, 6.07) is 11.9. The first-order valence-electron chi connectivity index (χ1n) is 10.7. The summed E-state index contributed by atoms with van der Waals surface area (Å²) in [4.78, 5) is 26.4. The lowest BCUT2D eigenvalue weighted by atomic mass is 10.0. The third-order valence-corrected chi connectivity index (χ3v) is 5.92. The Morgan fingerprint density at radius 1 is 0.938 bits per heavy atom. The molecule has 162 valence electrons. The molecular formula is C24H25N7O. The van der Waals surface area contributed by atoms with E-state index in [2.05, 4.69) is 43.2 Å². The summed E-state index contributed by atoms with van der Waals surface area (Å²) in [7, 11) is 3.97. The first-order chi connectivity index (χ1) is 15.5. The average Bonchev–Trinajstić information content (AvgIpc) is 3.25. The van der Waals surface area contributed by atoms with Crippen molar-refractivity contribution in [3.8, 4) is 11.3 Å². The summed E-state index contributed by atoms with van der Waals surface area (Å²) in [5.74, 6) is 0.939. The molecule has 3 aromatic heterocycles. The molecule has 1 fully saturated rings. The van der Waals surface area contributed by atoms with Crippen LogP contribution in [0.15, 0.2) is 55.0 Å². The molecule has 8 nitrogen and oxygen atoms in total. The second kappa shape index (κ2) is 8.47. The summed E-state index contributed by atoms with van der Waals surface area (Å²) < 4.78 is 1.68. The van der Waals surface area contributed by atoms with Gasteiger partial charge in [-0.15, -0.1) is 5.10 Å². The van der Waals surface area contributed by atoms with Crippen molar-refractivity contribution in [3.05, 3.63) is 66.2 Å². The summed E-state index contributed by atoms with van der Waals surface area (Å²) >= 11 is 0. The molecule has 0 bridgehead atoms. The van der Waals surface area contributed by atoms with Crippen LogP contribution in [0.5, 0.6) is 0 Å². The van der Waals surface area contributed by atoms with Gasteiger partial charge in [0.2, 0.25) is 0 Å². The normalized spacial score (nSPS) is 14.8. The Labute approximate surface area is 186 Å². The maximum absolute atomic E-state index is 12.9. The number of carbonyl (C=O) groups excluding carboxylic acids is 1. The molecule has 0 atom stereocenters. The van der Waals surface area contributed by atoms with Gasteiger partial charge < -0.3 is 9.80 Å². The Hall–Kier alpha value is -3.65. The second-order valence-electron chi connectivity index (χ2n) is 8.31. The van der Waals surface area contributed by atoms with E-state index in [-0.39, 0.29) is 12.2 Å². The lowest BCUT2D eigenvalue weighted by molar-refractivity contribution is 0.0991. The van der Waals surface area contributed by atoms with Crippen molar-refractivity contribution < 1.29 is 4.79 Å². The van der Waals surface area contributed by atoms with Crippen molar-refractivity contribution >= 4 is 22.4 Å². The van der Waals surface area contributed by atoms with E-state index in [0.717, 1.165) is 59.7 Å². The molecule has 0 radical (unpaired) electrons. The van der Waals surface area contributed by atoms with Crippen LogP contribution in [0.2, 0.25) is 0 Å². The topological polar surface area (TPSA) is 80.0 Å². The fourth-order valence-electron chi connectivity index (χ4n) is 3.96. The predicted octanol–water partition coefficient (Wildman–Crippen LogP) is 2.60. The van der Waals surface area contributed by atoms with Gasteiger partial charge in [-0.1, -0.05) is 17.3 Å². The van der Waals surface area contributed by atoms with Crippen molar-refractivity contribution in [1.29, 1.82) is 0 Å². The van der Waals surface area contributed by atoms with E-state index in [0.29, 0.717) is 5.56 Å². The zero-order valence-corrected chi connectivity index (χ0v) is 18.3. The van der Waals surface area contributed by atoms with Crippen LogP contribution in [0.25, 0.3) is 22.0 Å². The van der Waals surface area contributed by atoms with Gasteiger partial charge in [-0.3, -0.25) is 14.5 Å². The molecule has 1 aliphatic rings. The van der Waals surface area contributed by atoms with E-state index in [1.54, 1.807) is 10.9 Å². The number of hydrogen-bond acceptors (Lipinski definition) is 7. The third-order valence-electron chi connectivity index (χ3n) is 5.92. The molecule has 0 saturated carbocycles. The van der Waals surface area contributed by atoms with Gasteiger partial charge in [-0.05, 0) is 36.7 Å². The minimum Gasteiger partial charge on any atom is -0.354 e. The Morgan fingerprint density at radius 3 is 2.50 bits per heavy atom. The number of pyridine rings is 2. The molecule has 1 aliphatic heterocycles. The molecule has 0 unspecified atom stereocenters. The lowest BCUT2D eigenvalue weighted by Crippen LogP contribution is -2.44. The second-order valence-corrected chi connectivity index (χ2v) is 8.31. The fourth-order valence-corrected chi connectivity index (χ4v) is 3.96. The SMILES string of the molecule is CN1CCN(c2ccc(C(=O)Cc3cc4cc(-c5cn(C)nn5)ccc4cn3)cn2)CC1. The number of nitrogens with zero attached hydrogens (tertiary/aromatic N) is 7. The van der Waals surface area contributed by atoms with Gasteiger partial charge in [0.05, 0.1) is 12.6 Å². The summed E-state index contributed by atoms with van der Waals surface area (Å²) in [5.41, 5.74) is 3.15. The highest BCUT2D eigenvalue weighted by Crippen LogP contribution is 2.23. The third kappa shape index (κ3) is 4.22. The van der Waals surface area contributed by atoms with Crippen LogP contribution in [-0.2, 0) is 13.5 Å². The predicted molar refractivity (Wildman–Crippen MR) is 124 cm³/mol. The Bertz CT molecular complexity index is 1260. The number of fused-ring (bicyclic) bond motifs is 1. The van der Waals surface area contributed by atoms with Crippen molar-refractivity contribution in [1.82, 2.24) is 29.9 Å². The number of rotatable bonds is 5. The Kier molecular flexibility index (Phi) is 5.36. The number of carbonyl (C=O) groups is 1. The largest absolute Gasteiger partial charge is 0.354 e. The molecule has 8 heteroatoms. The van der Waals surface area contributed by atoms with E-state index < -0.39 is 0 Å². The van der Waals surface area contributed by atoms with Gasteiger partial charge in [0.1, 0.15) is 11.5 Å². The minimum atomic E-state index is 0.0133. The van der Waals surface area contributed by atoms with Crippen LogP contribution in [0.4, 0.5) is 5.82 Å². The van der Waals surface area contributed by atoms with Crippen LogP contribution in [0.3, 0.4) is 0 Å². The van der Waals surface area contributed by atoms with Crippen LogP contribution < -0.4 is 4.90 Å². The molecule has 1 aromatic carbocycles. The smallest absolute Gasteiger partial charge is 0.170 e. The fraction of sp³-hybridized carbons (Fsp3) is 0.292. The number of anilines is 1. The van der Waals surface area contributed by atoms with Crippen LogP contribution in [0.1, 0.15) is 16.1 Å². The number of aryl methyl sites for hydroxylation is 1. The highest BCUT2D eigenvalue weighted by Gasteiger charge is 2.16. The van der Waals surface area contributed by atoms with Crippen LogP contribution in [0, 0.1) is 0 Å². The standard InChI is InChI=1S/C24H25N7O/c1-29-7-9-31(10-8-29)24-6-5-19(15-26-24)23(32)13-21-12-20-11-17(3-4-18(20)14-25-21)22-16-30(2)28-27-22/h3-6,11-12,14-16H,7-10,13H2,1-2H3. The summed E-state index contributed by atoms with van der Waals surface area (Å²) in [6.45, 7) is 3.95. The number of piperazine rings is 1. The van der Waals surface area contributed by atoms with Gasteiger partial charge in [0.25, 0.3) is 0 Å². The van der Waals surface area contributed by atoms with E-state index in [9.17, 15) is 4.79 Å². The zero-order valence-electron chi connectivity index (χ0n) is 18.3. The monoisotopic (exact) mass is 427 g/mol. The highest BCUT2D eigenvalue weighted by molar-refractivity contribution is 5.97. The highest BCUT2D eigenvalue weighted by atomic mass is 16.1. The van der Waals surface area contributed by atoms with Gasteiger partial charge >= 0.3 is 0 Å². The lowest BCUT2D eigenvalue weighted by Gasteiger charge is -2.33. The maximum Gasteiger partial charge on any atom is 0.170 e.